The first-order valence-electron chi connectivity index (χ1n) is 7.97. The molecule has 2 aromatic carbocycles. The third-order valence-corrected chi connectivity index (χ3v) is 4.29. The van der Waals surface area contributed by atoms with E-state index in [-0.39, 0.29) is 11.9 Å². The number of carbonyl (C=O) groups excluding carboxylic acids is 1. The molecule has 1 aliphatic rings. The fourth-order valence-corrected chi connectivity index (χ4v) is 3.12. The fourth-order valence-electron chi connectivity index (χ4n) is 3.12. The molecule has 0 fully saturated rings. The first-order chi connectivity index (χ1) is 11.6. The maximum absolute atomic E-state index is 12.8. The molecular weight excluding hydrogens is 304 g/mol. The molecule has 0 saturated heterocycles. The van der Waals surface area contributed by atoms with Crippen molar-refractivity contribution in [2.45, 2.75) is 18.9 Å². The van der Waals surface area contributed by atoms with Gasteiger partial charge in [-0.05, 0) is 35.7 Å². The third kappa shape index (κ3) is 3.21. The number of para-hydroxylation sites is 1. The maximum atomic E-state index is 12.8. The van der Waals surface area contributed by atoms with Crippen molar-refractivity contribution in [2.75, 3.05) is 25.7 Å². The summed E-state index contributed by atoms with van der Waals surface area (Å²) in [4.78, 5) is 14.6. The molecule has 1 heterocycles. The van der Waals surface area contributed by atoms with Crippen molar-refractivity contribution in [3.05, 3.63) is 53.6 Å². The van der Waals surface area contributed by atoms with Crippen LogP contribution in [0.2, 0.25) is 0 Å². The molecule has 2 aromatic rings. The van der Waals surface area contributed by atoms with Gasteiger partial charge in [-0.2, -0.15) is 0 Å². The van der Waals surface area contributed by atoms with Gasteiger partial charge in [-0.1, -0.05) is 24.3 Å². The zero-order chi connectivity index (χ0) is 17.1. The third-order valence-electron chi connectivity index (χ3n) is 4.29. The summed E-state index contributed by atoms with van der Waals surface area (Å²) in [6.45, 7) is 0.545. The van der Waals surface area contributed by atoms with Gasteiger partial charge in [-0.3, -0.25) is 4.79 Å². The van der Waals surface area contributed by atoms with Crippen molar-refractivity contribution in [1.29, 1.82) is 0 Å². The van der Waals surface area contributed by atoms with Crippen molar-refractivity contribution >= 4 is 11.6 Å². The van der Waals surface area contributed by atoms with Crippen molar-refractivity contribution in [1.82, 2.24) is 0 Å². The molecule has 0 aliphatic carbocycles. The van der Waals surface area contributed by atoms with E-state index < -0.39 is 0 Å². The number of ether oxygens (including phenoxy) is 2. The summed E-state index contributed by atoms with van der Waals surface area (Å²) in [5.74, 6) is 1.31. The van der Waals surface area contributed by atoms with Gasteiger partial charge < -0.3 is 20.1 Å². The van der Waals surface area contributed by atoms with Gasteiger partial charge >= 0.3 is 0 Å². The molecule has 24 heavy (non-hydrogen) atoms. The lowest BCUT2D eigenvalue weighted by Crippen LogP contribution is -2.46. The molecule has 1 amide bonds. The minimum Gasteiger partial charge on any atom is -0.493 e. The van der Waals surface area contributed by atoms with Crippen LogP contribution in [0, 0.1) is 0 Å². The number of benzene rings is 2. The molecule has 5 nitrogen and oxygen atoms in total. The van der Waals surface area contributed by atoms with E-state index in [1.165, 1.54) is 0 Å². The second-order valence-corrected chi connectivity index (χ2v) is 5.96. The molecule has 0 aromatic heterocycles. The highest BCUT2D eigenvalue weighted by molar-refractivity contribution is 5.96. The molecule has 1 atom stereocenters. The number of fused-ring (bicyclic) bond motifs is 1. The van der Waals surface area contributed by atoms with E-state index in [4.69, 9.17) is 15.2 Å². The van der Waals surface area contributed by atoms with Gasteiger partial charge in [0.25, 0.3) is 0 Å². The highest BCUT2D eigenvalue weighted by atomic mass is 16.5. The predicted octanol–water partition coefficient (Wildman–Crippen LogP) is 2.16. The first kappa shape index (κ1) is 16.3. The number of amides is 1. The number of rotatable bonds is 4. The summed E-state index contributed by atoms with van der Waals surface area (Å²) >= 11 is 0. The molecular formula is C19H22N2O3. The quantitative estimate of drug-likeness (QED) is 0.935. The Hall–Kier alpha value is -2.53. The van der Waals surface area contributed by atoms with E-state index in [1.807, 2.05) is 42.5 Å². The summed E-state index contributed by atoms with van der Waals surface area (Å²) in [6.07, 6.45) is 1.09. The van der Waals surface area contributed by atoms with Crippen LogP contribution < -0.4 is 20.1 Å². The summed E-state index contributed by atoms with van der Waals surface area (Å²) < 4.78 is 10.5. The van der Waals surface area contributed by atoms with Crippen molar-refractivity contribution in [3.63, 3.8) is 0 Å². The van der Waals surface area contributed by atoms with Gasteiger partial charge in [0.05, 0.1) is 20.6 Å². The standard InChI is InChI=1S/C19H22N2O3/c1-23-17-8-7-13(9-18(17)24-2)10-19(22)21-12-15(20)11-14-5-3-4-6-16(14)21/h3-9,15H,10-12,20H2,1-2H3. The van der Waals surface area contributed by atoms with Crippen LogP contribution in [0.3, 0.4) is 0 Å². The van der Waals surface area contributed by atoms with Crippen LogP contribution in [0.5, 0.6) is 11.5 Å². The Bertz CT molecular complexity index is 745. The van der Waals surface area contributed by atoms with Crippen molar-refractivity contribution < 1.29 is 14.3 Å². The Morgan fingerprint density at radius 2 is 1.92 bits per heavy atom. The molecule has 2 N–H and O–H groups in total. The Morgan fingerprint density at radius 1 is 1.17 bits per heavy atom. The topological polar surface area (TPSA) is 64.8 Å². The van der Waals surface area contributed by atoms with Gasteiger partial charge in [0.15, 0.2) is 11.5 Å². The van der Waals surface area contributed by atoms with E-state index in [2.05, 4.69) is 0 Å². The predicted molar refractivity (Wildman–Crippen MR) is 93.7 cm³/mol. The Balaban J connectivity index is 1.83. The number of methoxy groups -OCH3 is 2. The van der Waals surface area contributed by atoms with E-state index >= 15 is 0 Å². The molecule has 3 rings (SSSR count). The summed E-state index contributed by atoms with van der Waals surface area (Å²) in [7, 11) is 3.18. The van der Waals surface area contributed by atoms with E-state index in [9.17, 15) is 4.79 Å². The SMILES string of the molecule is COc1ccc(CC(=O)N2CC(N)Cc3ccccc32)cc1OC. The second kappa shape index (κ2) is 6.93. The highest BCUT2D eigenvalue weighted by Gasteiger charge is 2.26. The van der Waals surface area contributed by atoms with Crippen molar-refractivity contribution in [3.8, 4) is 11.5 Å². The molecule has 126 valence electrons. The Kier molecular flexibility index (Phi) is 4.71. The number of anilines is 1. The number of nitrogens with two attached hydrogens (primary N) is 1. The monoisotopic (exact) mass is 326 g/mol. The smallest absolute Gasteiger partial charge is 0.231 e. The summed E-state index contributed by atoms with van der Waals surface area (Å²) in [6, 6.07) is 13.5. The normalized spacial score (nSPS) is 16.5. The molecule has 0 radical (unpaired) electrons. The second-order valence-electron chi connectivity index (χ2n) is 5.96. The number of carbonyl (C=O) groups is 1. The molecule has 1 aliphatic heterocycles. The summed E-state index contributed by atoms with van der Waals surface area (Å²) in [5, 5.41) is 0. The van der Waals surface area contributed by atoms with Crippen LogP contribution in [0.25, 0.3) is 0 Å². The van der Waals surface area contributed by atoms with Gasteiger partial charge in [-0.25, -0.2) is 0 Å². The van der Waals surface area contributed by atoms with Crippen LogP contribution in [0.15, 0.2) is 42.5 Å². The van der Waals surface area contributed by atoms with Gasteiger partial charge in [0, 0.05) is 18.3 Å². The lowest BCUT2D eigenvalue weighted by atomic mass is 9.97. The zero-order valence-electron chi connectivity index (χ0n) is 14.0. The largest absolute Gasteiger partial charge is 0.493 e. The molecule has 0 bridgehead atoms. The maximum Gasteiger partial charge on any atom is 0.231 e. The van der Waals surface area contributed by atoms with Crippen molar-refractivity contribution in [2.24, 2.45) is 5.73 Å². The minimum atomic E-state index is -0.0331. The molecule has 0 saturated carbocycles. The molecule has 5 heteroatoms. The lowest BCUT2D eigenvalue weighted by Gasteiger charge is -2.33. The van der Waals surface area contributed by atoms with E-state index in [1.54, 1.807) is 19.1 Å². The van der Waals surface area contributed by atoms with Crippen LogP contribution in [0.1, 0.15) is 11.1 Å². The van der Waals surface area contributed by atoms with E-state index in [0.29, 0.717) is 24.5 Å². The number of nitrogens with zero attached hydrogens (tertiary/aromatic N) is 1. The number of hydrogen-bond donors (Lipinski definition) is 1. The van der Waals surface area contributed by atoms with Gasteiger partial charge in [0.1, 0.15) is 0 Å². The molecule has 0 spiro atoms. The van der Waals surface area contributed by atoms with E-state index in [0.717, 1.165) is 23.2 Å². The fraction of sp³-hybridized carbons (Fsp3) is 0.316. The van der Waals surface area contributed by atoms with Crippen LogP contribution >= 0.6 is 0 Å². The first-order valence-corrected chi connectivity index (χ1v) is 7.97. The minimum absolute atomic E-state index is 0.0322. The van der Waals surface area contributed by atoms with Crippen LogP contribution in [0.4, 0.5) is 5.69 Å². The Morgan fingerprint density at radius 3 is 2.67 bits per heavy atom. The molecule has 1 unspecified atom stereocenters. The highest BCUT2D eigenvalue weighted by Crippen LogP contribution is 2.30. The van der Waals surface area contributed by atoms with Crippen LogP contribution in [-0.4, -0.2) is 32.7 Å². The zero-order valence-corrected chi connectivity index (χ0v) is 14.0. The lowest BCUT2D eigenvalue weighted by molar-refractivity contribution is -0.118. The van der Waals surface area contributed by atoms with Crippen LogP contribution in [-0.2, 0) is 17.6 Å². The average Bonchev–Trinajstić information content (AvgIpc) is 2.60. The number of hydrogen-bond acceptors (Lipinski definition) is 4. The Labute approximate surface area is 142 Å². The summed E-state index contributed by atoms with van der Waals surface area (Å²) in [5.41, 5.74) is 9.09. The van der Waals surface area contributed by atoms with Gasteiger partial charge in [0.2, 0.25) is 5.91 Å². The average molecular weight is 326 g/mol. The van der Waals surface area contributed by atoms with Gasteiger partial charge in [-0.15, -0.1) is 0 Å².